The molecule has 0 aliphatic heterocycles. The molecule has 0 aromatic carbocycles. The Morgan fingerprint density at radius 2 is 2.28 bits per heavy atom. The number of rotatable bonds is 11. The maximum atomic E-state index is 5.34. The molecule has 18 heavy (non-hydrogen) atoms. The lowest BCUT2D eigenvalue weighted by molar-refractivity contribution is 0.142. The largest absolute Gasteiger partial charge is 0.382 e. The zero-order chi connectivity index (χ0) is 13.1. The van der Waals surface area contributed by atoms with Gasteiger partial charge in [-0.25, -0.2) is 4.98 Å². The second-order valence-electron chi connectivity index (χ2n) is 4.12. The van der Waals surface area contributed by atoms with Crippen LogP contribution in [0.5, 0.6) is 0 Å². The Morgan fingerprint density at radius 1 is 1.39 bits per heavy atom. The van der Waals surface area contributed by atoms with Crippen LogP contribution < -0.4 is 5.32 Å². The summed E-state index contributed by atoms with van der Waals surface area (Å²) in [4.78, 5) is 4.34. The lowest BCUT2D eigenvalue weighted by Crippen LogP contribution is -2.10. The summed E-state index contributed by atoms with van der Waals surface area (Å²) in [5, 5.41) is 3.39. The van der Waals surface area contributed by atoms with Crippen molar-refractivity contribution >= 4 is 17.7 Å². The van der Waals surface area contributed by atoms with Crippen molar-refractivity contribution in [1.82, 2.24) is 9.55 Å². The average molecular weight is 271 g/mol. The fourth-order valence-corrected chi connectivity index (χ4v) is 2.20. The van der Waals surface area contributed by atoms with Gasteiger partial charge in [0.25, 0.3) is 0 Å². The van der Waals surface area contributed by atoms with Crippen LogP contribution in [0.15, 0.2) is 12.4 Å². The highest BCUT2D eigenvalue weighted by atomic mass is 32.2. The van der Waals surface area contributed by atoms with Crippen molar-refractivity contribution in [2.75, 3.05) is 37.1 Å². The van der Waals surface area contributed by atoms with E-state index in [1.807, 2.05) is 31.1 Å². The number of aromatic nitrogens is 2. The van der Waals surface area contributed by atoms with Gasteiger partial charge in [-0.05, 0) is 38.2 Å². The summed E-state index contributed by atoms with van der Waals surface area (Å²) in [6.07, 6.45) is 9.52. The summed E-state index contributed by atoms with van der Waals surface area (Å²) in [5.74, 6) is 2.22. The predicted molar refractivity (Wildman–Crippen MR) is 79.4 cm³/mol. The van der Waals surface area contributed by atoms with Gasteiger partial charge in [0.15, 0.2) is 0 Å². The topological polar surface area (TPSA) is 39.1 Å². The zero-order valence-electron chi connectivity index (χ0n) is 11.5. The van der Waals surface area contributed by atoms with Crippen LogP contribution in [0.2, 0.25) is 0 Å². The first-order valence-electron chi connectivity index (χ1n) is 6.70. The van der Waals surface area contributed by atoms with Crippen molar-refractivity contribution in [3.05, 3.63) is 12.4 Å². The Hall–Kier alpha value is -0.680. The van der Waals surface area contributed by atoms with E-state index in [0.29, 0.717) is 0 Å². The van der Waals surface area contributed by atoms with Crippen LogP contribution in [0.1, 0.15) is 26.2 Å². The van der Waals surface area contributed by atoms with Crippen LogP contribution in [0, 0.1) is 0 Å². The Labute approximate surface area is 115 Å². The third kappa shape index (κ3) is 6.31. The van der Waals surface area contributed by atoms with Crippen LogP contribution in [0.3, 0.4) is 0 Å². The number of imidazole rings is 1. The van der Waals surface area contributed by atoms with Gasteiger partial charge in [0.1, 0.15) is 0 Å². The molecule has 0 amide bonds. The molecule has 1 rings (SSSR count). The molecular formula is C13H25N3OS. The second kappa shape index (κ2) is 10.3. The molecule has 0 saturated heterocycles. The molecule has 5 heteroatoms. The van der Waals surface area contributed by atoms with Gasteiger partial charge in [0.2, 0.25) is 5.95 Å². The predicted octanol–water partition coefficient (Wildman–Crippen LogP) is 2.86. The van der Waals surface area contributed by atoms with E-state index in [-0.39, 0.29) is 0 Å². The molecule has 0 aliphatic carbocycles. The first-order chi connectivity index (χ1) is 8.88. The third-order valence-electron chi connectivity index (χ3n) is 2.67. The molecule has 1 aromatic rings. The lowest BCUT2D eigenvalue weighted by Gasteiger charge is -2.09. The molecule has 0 fully saturated rings. The Kier molecular flexibility index (Phi) is 8.77. The van der Waals surface area contributed by atoms with Gasteiger partial charge >= 0.3 is 0 Å². The molecule has 0 atom stereocenters. The van der Waals surface area contributed by atoms with E-state index in [2.05, 4.69) is 21.1 Å². The van der Waals surface area contributed by atoms with Gasteiger partial charge < -0.3 is 14.6 Å². The Bertz CT molecular complexity index is 304. The molecule has 1 heterocycles. The van der Waals surface area contributed by atoms with Crippen molar-refractivity contribution in [3.8, 4) is 0 Å². The van der Waals surface area contributed by atoms with E-state index in [9.17, 15) is 0 Å². The van der Waals surface area contributed by atoms with Crippen LogP contribution >= 0.6 is 11.8 Å². The number of unbranched alkanes of at least 4 members (excludes halogenated alkanes) is 1. The van der Waals surface area contributed by atoms with Crippen molar-refractivity contribution < 1.29 is 4.74 Å². The monoisotopic (exact) mass is 271 g/mol. The van der Waals surface area contributed by atoms with Gasteiger partial charge in [0, 0.05) is 38.7 Å². The fourth-order valence-electron chi connectivity index (χ4n) is 1.71. The number of thioether (sulfide) groups is 1. The SMILES string of the molecule is CCOCCCn1ccnc1NCCCCSC. The lowest BCUT2D eigenvalue weighted by atomic mass is 10.3. The van der Waals surface area contributed by atoms with Gasteiger partial charge in [-0.3, -0.25) is 0 Å². The quantitative estimate of drug-likeness (QED) is 0.628. The number of hydrogen-bond donors (Lipinski definition) is 1. The Balaban J connectivity index is 2.18. The van der Waals surface area contributed by atoms with Crippen LogP contribution in [-0.4, -0.2) is 41.3 Å². The molecule has 104 valence electrons. The first-order valence-corrected chi connectivity index (χ1v) is 8.09. The van der Waals surface area contributed by atoms with Crippen LogP contribution in [-0.2, 0) is 11.3 Å². The summed E-state index contributed by atoms with van der Waals surface area (Å²) in [6.45, 7) is 5.61. The van der Waals surface area contributed by atoms with Crippen molar-refractivity contribution in [3.63, 3.8) is 0 Å². The molecule has 1 aromatic heterocycles. The van der Waals surface area contributed by atoms with E-state index in [1.54, 1.807) is 0 Å². The highest BCUT2D eigenvalue weighted by Crippen LogP contribution is 2.06. The van der Waals surface area contributed by atoms with Crippen molar-refractivity contribution in [2.24, 2.45) is 0 Å². The molecule has 1 N–H and O–H groups in total. The van der Waals surface area contributed by atoms with Gasteiger partial charge in [0.05, 0.1) is 0 Å². The molecule has 0 aliphatic rings. The summed E-state index contributed by atoms with van der Waals surface area (Å²) in [7, 11) is 0. The molecule has 0 radical (unpaired) electrons. The number of aryl methyl sites for hydroxylation is 1. The van der Waals surface area contributed by atoms with Gasteiger partial charge in [-0.2, -0.15) is 11.8 Å². The standard InChI is InChI=1S/C13H25N3OS/c1-3-17-11-6-9-16-10-8-15-13(16)14-7-4-5-12-18-2/h8,10H,3-7,9,11-12H2,1-2H3,(H,14,15). The molecule has 4 nitrogen and oxygen atoms in total. The zero-order valence-corrected chi connectivity index (χ0v) is 12.3. The van der Waals surface area contributed by atoms with Crippen molar-refractivity contribution in [1.29, 1.82) is 0 Å². The van der Waals surface area contributed by atoms with E-state index in [4.69, 9.17) is 4.74 Å². The number of anilines is 1. The summed E-state index contributed by atoms with van der Waals surface area (Å²) in [6, 6.07) is 0. The molecule has 0 spiro atoms. The highest BCUT2D eigenvalue weighted by Gasteiger charge is 2.01. The second-order valence-corrected chi connectivity index (χ2v) is 5.11. The summed E-state index contributed by atoms with van der Waals surface area (Å²) in [5.41, 5.74) is 0. The maximum Gasteiger partial charge on any atom is 0.202 e. The van der Waals surface area contributed by atoms with Crippen molar-refractivity contribution in [2.45, 2.75) is 32.7 Å². The van der Waals surface area contributed by atoms with Gasteiger partial charge in [-0.1, -0.05) is 0 Å². The normalized spacial score (nSPS) is 10.8. The van der Waals surface area contributed by atoms with E-state index < -0.39 is 0 Å². The minimum atomic E-state index is 0.796. The molecular weight excluding hydrogens is 246 g/mol. The average Bonchev–Trinajstić information content (AvgIpc) is 2.82. The van der Waals surface area contributed by atoms with E-state index in [0.717, 1.165) is 38.7 Å². The molecule has 0 unspecified atom stereocenters. The van der Waals surface area contributed by atoms with Crippen LogP contribution in [0.25, 0.3) is 0 Å². The minimum absolute atomic E-state index is 0.796. The summed E-state index contributed by atoms with van der Waals surface area (Å²) >= 11 is 1.91. The van der Waals surface area contributed by atoms with Crippen LogP contribution in [0.4, 0.5) is 5.95 Å². The number of hydrogen-bond acceptors (Lipinski definition) is 4. The smallest absolute Gasteiger partial charge is 0.202 e. The fraction of sp³-hybridized carbons (Fsp3) is 0.769. The number of nitrogens with one attached hydrogen (secondary N) is 1. The molecule has 0 bridgehead atoms. The number of nitrogens with zero attached hydrogens (tertiary/aromatic N) is 2. The number of ether oxygens (including phenoxy) is 1. The minimum Gasteiger partial charge on any atom is -0.382 e. The van der Waals surface area contributed by atoms with E-state index >= 15 is 0 Å². The van der Waals surface area contributed by atoms with E-state index in [1.165, 1.54) is 18.6 Å². The van der Waals surface area contributed by atoms with Gasteiger partial charge in [-0.15, -0.1) is 0 Å². The third-order valence-corrected chi connectivity index (χ3v) is 3.36. The molecule has 0 saturated carbocycles. The highest BCUT2D eigenvalue weighted by molar-refractivity contribution is 7.98. The summed E-state index contributed by atoms with van der Waals surface area (Å²) < 4.78 is 7.50. The first kappa shape index (κ1) is 15.4. The Morgan fingerprint density at radius 3 is 3.06 bits per heavy atom. The maximum absolute atomic E-state index is 5.34.